The lowest BCUT2D eigenvalue weighted by Crippen LogP contribution is -2.67. The smallest absolute Gasteiger partial charge is 0.187 e. The van der Waals surface area contributed by atoms with Crippen molar-refractivity contribution >= 4 is 0 Å². The number of rotatable bonds is 12. The van der Waals surface area contributed by atoms with Crippen molar-refractivity contribution in [1.29, 1.82) is 0 Å². The molecular formula is C47H80O18. The average Bonchev–Trinajstić information content (AvgIpc) is 3.82. The minimum Gasteiger partial charge on any atom is -0.394 e. The quantitative estimate of drug-likeness (QED) is 0.109. The third kappa shape index (κ3) is 7.91. The van der Waals surface area contributed by atoms with Gasteiger partial charge in [-0.2, -0.15) is 0 Å². The van der Waals surface area contributed by atoms with Crippen LogP contribution in [0, 0.1) is 50.7 Å². The van der Waals surface area contributed by atoms with Crippen LogP contribution >= 0.6 is 0 Å². The van der Waals surface area contributed by atoms with Crippen LogP contribution in [-0.2, 0) is 28.4 Å². The molecule has 0 bridgehead atoms. The van der Waals surface area contributed by atoms with E-state index in [9.17, 15) is 61.3 Å². The highest BCUT2D eigenvalue weighted by Crippen LogP contribution is 2.89. The average molecular weight is 933 g/mol. The van der Waals surface area contributed by atoms with Gasteiger partial charge in [0.05, 0.1) is 49.3 Å². The number of hydrogen-bond acceptors (Lipinski definition) is 18. The summed E-state index contributed by atoms with van der Waals surface area (Å²) in [6.45, 7) is 14.6. The number of aliphatic hydroxyl groups is 12. The molecule has 0 aromatic carbocycles. The highest BCUT2D eigenvalue weighted by atomic mass is 16.8. The molecule has 26 atom stereocenters. The summed E-state index contributed by atoms with van der Waals surface area (Å²) in [6.07, 6.45) is -17.6. The zero-order valence-corrected chi connectivity index (χ0v) is 39.3. The van der Waals surface area contributed by atoms with Gasteiger partial charge >= 0.3 is 0 Å². The predicted molar refractivity (Wildman–Crippen MR) is 227 cm³/mol. The van der Waals surface area contributed by atoms with Gasteiger partial charge in [-0.3, -0.25) is 0 Å². The van der Waals surface area contributed by atoms with E-state index in [-0.39, 0.29) is 45.3 Å². The van der Waals surface area contributed by atoms with E-state index in [0.29, 0.717) is 32.1 Å². The van der Waals surface area contributed by atoms with Crippen molar-refractivity contribution in [1.82, 2.24) is 0 Å². The minimum atomic E-state index is -1.75. The summed E-state index contributed by atoms with van der Waals surface area (Å²) in [5.41, 5.74) is -2.62. The summed E-state index contributed by atoms with van der Waals surface area (Å²) >= 11 is 0. The number of aliphatic hydroxyl groups excluding tert-OH is 11. The van der Waals surface area contributed by atoms with Gasteiger partial charge in [-0.1, -0.05) is 34.6 Å². The monoisotopic (exact) mass is 933 g/mol. The molecule has 376 valence electrons. The van der Waals surface area contributed by atoms with Gasteiger partial charge in [-0.05, 0) is 129 Å². The van der Waals surface area contributed by atoms with Crippen LogP contribution in [0.5, 0.6) is 0 Å². The van der Waals surface area contributed by atoms with E-state index >= 15 is 0 Å². The van der Waals surface area contributed by atoms with Crippen LogP contribution in [0.15, 0.2) is 0 Å². The van der Waals surface area contributed by atoms with Crippen LogP contribution in [0.4, 0.5) is 0 Å². The zero-order chi connectivity index (χ0) is 47.7. The van der Waals surface area contributed by atoms with Crippen LogP contribution in [0.2, 0.25) is 0 Å². The summed E-state index contributed by atoms with van der Waals surface area (Å²) in [5.74, 6) is 0.0591. The van der Waals surface area contributed by atoms with Crippen LogP contribution in [0.1, 0.15) is 113 Å². The Hall–Kier alpha value is -0.720. The molecule has 5 aliphatic carbocycles. The van der Waals surface area contributed by atoms with Gasteiger partial charge in [-0.25, -0.2) is 0 Å². The van der Waals surface area contributed by atoms with Crippen LogP contribution < -0.4 is 0 Å². The summed E-state index contributed by atoms with van der Waals surface area (Å²) < 4.78 is 36.6. The highest BCUT2D eigenvalue weighted by Gasteiger charge is 2.84. The molecule has 0 aromatic heterocycles. The van der Waals surface area contributed by atoms with Gasteiger partial charge in [0, 0.05) is 0 Å². The molecule has 5 saturated carbocycles. The van der Waals surface area contributed by atoms with Crippen LogP contribution in [-0.4, -0.2) is 191 Å². The minimum absolute atomic E-state index is 0.00508. The third-order valence-electron chi connectivity index (χ3n) is 19.3. The fraction of sp³-hybridized carbons (Fsp3) is 1.00. The van der Waals surface area contributed by atoms with Crippen LogP contribution in [0.3, 0.4) is 0 Å². The molecule has 8 fully saturated rings. The second-order valence-corrected chi connectivity index (χ2v) is 23.5. The predicted octanol–water partition coefficient (Wildman–Crippen LogP) is -0.585. The maximum absolute atomic E-state index is 12.5. The molecule has 3 aliphatic heterocycles. The van der Waals surface area contributed by atoms with Crippen molar-refractivity contribution < 1.29 is 89.7 Å². The first-order valence-electron chi connectivity index (χ1n) is 24.2. The molecule has 12 N–H and O–H groups in total. The van der Waals surface area contributed by atoms with E-state index in [1.54, 1.807) is 13.8 Å². The van der Waals surface area contributed by atoms with Gasteiger partial charge in [-0.15, -0.1) is 0 Å². The van der Waals surface area contributed by atoms with Crippen molar-refractivity contribution in [3.63, 3.8) is 0 Å². The fourth-order valence-electron chi connectivity index (χ4n) is 15.7. The lowest BCUT2D eigenvalue weighted by molar-refractivity contribution is -0.389. The van der Waals surface area contributed by atoms with Gasteiger partial charge < -0.3 is 89.7 Å². The lowest BCUT2D eigenvalue weighted by atomic mass is 9.41. The van der Waals surface area contributed by atoms with E-state index in [4.69, 9.17) is 28.4 Å². The second-order valence-electron chi connectivity index (χ2n) is 23.5. The Morgan fingerprint density at radius 2 is 1.35 bits per heavy atom. The molecule has 2 spiro atoms. The van der Waals surface area contributed by atoms with E-state index in [0.717, 1.165) is 25.7 Å². The third-order valence-corrected chi connectivity index (χ3v) is 19.3. The molecule has 18 nitrogen and oxygen atoms in total. The van der Waals surface area contributed by atoms with Crippen molar-refractivity contribution in [2.75, 3.05) is 13.2 Å². The molecule has 65 heavy (non-hydrogen) atoms. The number of ether oxygens (including phenoxy) is 6. The lowest BCUT2D eigenvalue weighted by Gasteiger charge is -2.64. The molecule has 18 heteroatoms. The van der Waals surface area contributed by atoms with Gasteiger partial charge in [0.25, 0.3) is 0 Å². The Labute approximate surface area is 382 Å². The summed E-state index contributed by atoms with van der Waals surface area (Å²) in [7, 11) is 0. The zero-order valence-electron chi connectivity index (χ0n) is 39.3. The molecule has 8 rings (SSSR count). The van der Waals surface area contributed by atoms with Crippen molar-refractivity contribution in [2.24, 2.45) is 50.7 Å². The molecule has 3 heterocycles. The highest BCUT2D eigenvalue weighted by molar-refractivity contribution is 5.32. The first-order valence-corrected chi connectivity index (χ1v) is 24.2. The van der Waals surface area contributed by atoms with Gasteiger partial charge in [0.15, 0.2) is 18.9 Å². The maximum Gasteiger partial charge on any atom is 0.187 e. The molecule has 8 aliphatic rings. The first-order chi connectivity index (χ1) is 30.2. The summed E-state index contributed by atoms with van der Waals surface area (Å²) in [4.78, 5) is 0. The maximum atomic E-state index is 12.5. The van der Waals surface area contributed by atoms with Gasteiger partial charge in [0.1, 0.15) is 61.0 Å². The number of hydrogen-bond donors (Lipinski definition) is 12. The Kier molecular flexibility index (Phi) is 13.7. The van der Waals surface area contributed by atoms with E-state index < -0.39 is 135 Å². The van der Waals surface area contributed by atoms with E-state index in [1.807, 2.05) is 0 Å². The normalized spacial score (nSPS) is 55.0. The van der Waals surface area contributed by atoms with Crippen molar-refractivity contribution in [3.05, 3.63) is 0 Å². The topological polar surface area (TPSA) is 298 Å². The van der Waals surface area contributed by atoms with E-state index in [2.05, 4.69) is 34.6 Å². The Morgan fingerprint density at radius 1 is 0.692 bits per heavy atom. The summed E-state index contributed by atoms with van der Waals surface area (Å²) in [5, 5.41) is 131. The van der Waals surface area contributed by atoms with E-state index in [1.165, 1.54) is 6.92 Å². The largest absolute Gasteiger partial charge is 0.394 e. The van der Waals surface area contributed by atoms with Crippen molar-refractivity contribution in [2.45, 2.75) is 229 Å². The Bertz CT molecular complexity index is 1680. The fourth-order valence-corrected chi connectivity index (χ4v) is 15.7. The van der Waals surface area contributed by atoms with Crippen molar-refractivity contribution in [3.8, 4) is 0 Å². The Morgan fingerprint density at radius 3 is 2.02 bits per heavy atom. The first kappa shape index (κ1) is 50.7. The molecule has 0 radical (unpaired) electrons. The Balaban J connectivity index is 1.03. The molecule has 3 saturated heterocycles. The molecule has 0 aromatic rings. The van der Waals surface area contributed by atoms with Gasteiger partial charge in [0.2, 0.25) is 0 Å². The summed E-state index contributed by atoms with van der Waals surface area (Å²) in [6, 6.07) is 0. The standard InChI is InChI=1S/C47H80O18/c1-20(9-10-27(52)43(5,6)59)29-23(50)16-45(8)26-15-22(49)38-42(3,4)28(11-12-47(38)19-46(26,47)14-13-44(29,45)7)63-41-37(65-39-33(56)31(54)24(51)18-60-39)35(58)36(25(17-48)62-41)64-40-34(57)32(55)30(53)21(2)61-40/h20-41,48-59H,9-19H2,1-8H3/t20-,21+,22+,23+,24+,25-,26+,27-,28+,29+,30+,31+,32-,33-,34-,35+,36-,37-,38+,39+,40+,41+,44-,45+,46+,47-/m1/s1. The molecule has 0 unspecified atom stereocenters. The number of fused-ring (bicyclic) bond motifs is 2. The molecular weight excluding hydrogens is 852 g/mol. The molecule has 0 amide bonds. The second kappa shape index (κ2) is 17.5. The van der Waals surface area contributed by atoms with Crippen LogP contribution in [0.25, 0.3) is 0 Å². The SMILES string of the molecule is C[C@H](CC[C@@H](O)C(C)(C)O)[C@H]1[C@@H](O)C[C@@]2(C)[C@@H]3C[C@H](O)[C@H]4C(C)(C)[C@@H](O[C@@H]5O[C@H](CO)[C@@H](O[C@@H]6O[C@@H](C)[C@H](O)[C@@H](O)[C@H]6O)[C@H](O)[C@H]5O[C@@H]5OC[C@H](O)[C@H](O)[C@H]5O)CC[C@@]45C[C@@]35CC[C@]12C.